The van der Waals surface area contributed by atoms with E-state index in [9.17, 15) is 4.79 Å². The Hall–Kier alpha value is -0.830. The van der Waals surface area contributed by atoms with Gasteiger partial charge in [-0.2, -0.15) is 5.10 Å². The molecule has 1 aromatic heterocycles. The molecule has 3 nitrogen and oxygen atoms in total. The van der Waals surface area contributed by atoms with Crippen LogP contribution in [0.15, 0.2) is 6.20 Å². The lowest BCUT2D eigenvalue weighted by atomic mass is 9.71. The van der Waals surface area contributed by atoms with Gasteiger partial charge in [-0.3, -0.25) is 9.48 Å². The molecular formula is C14H21ClN2O. The summed E-state index contributed by atoms with van der Waals surface area (Å²) in [5, 5.41) is 4.63. The van der Waals surface area contributed by atoms with E-state index in [0.29, 0.717) is 22.7 Å². The molecular weight excluding hydrogens is 248 g/mol. The van der Waals surface area contributed by atoms with Crippen LogP contribution in [0.1, 0.15) is 56.9 Å². The molecule has 1 aromatic rings. The maximum absolute atomic E-state index is 12.5. The topological polar surface area (TPSA) is 34.9 Å². The molecule has 1 aliphatic carbocycles. The Bertz CT molecular complexity index is 441. The van der Waals surface area contributed by atoms with Gasteiger partial charge in [0.15, 0.2) is 5.78 Å². The minimum atomic E-state index is 0.123. The minimum absolute atomic E-state index is 0.123. The van der Waals surface area contributed by atoms with Gasteiger partial charge in [0.05, 0.1) is 11.2 Å². The molecule has 0 unspecified atom stereocenters. The van der Waals surface area contributed by atoms with Gasteiger partial charge in [0.1, 0.15) is 5.69 Å². The quantitative estimate of drug-likeness (QED) is 0.778. The second-order valence-electron chi connectivity index (χ2n) is 5.96. The number of hydrogen-bond donors (Lipinski definition) is 0. The fourth-order valence-electron chi connectivity index (χ4n) is 2.70. The van der Waals surface area contributed by atoms with Crippen LogP contribution in [0.2, 0.25) is 5.02 Å². The van der Waals surface area contributed by atoms with Crippen molar-refractivity contribution in [2.45, 2.75) is 53.0 Å². The van der Waals surface area contributed by atoms with Gasteiger partial charge in [-0.25, -0.2) is 0 Å². The summed E-state index contributed by atoms with van der Waals surface area (Å²) >= 11 is 6.09. The van der Waals surface area contributed by atoms with E-state index in [0.717, 1.165) is 25.7 Å². The van der Waals surface area contributed by atoms with Crippen LogP contribution >= 0.6 is 11.6 Å². The van der Waals surface area contributed by atoms with Crippen molar-refractivity contribution in [1.82, 2.24) is 9.78 Å². The van der Waals surface area contributed by atoms with Crippen molar-refractivity contribution in [3.63, 3.8) is 0 Å². The molecule has 0 N–H and O–H groups in total. The van der Waals surface area contributed by atoms with E-state index in [1.165, 1.54) is 0 Å². The summed E-state index contributed by atoms with van der Waals surface area (Å²) < 4.78 is 1.71. The van der Waals surface area contributed by atoms with Crippen LogP contribution in [-0.2, 0) is 6.54 Å². The number of hydrogen-bond acceptors (Lipinski definition) is 2. The molecule has 0 saturated heterocycles. The first-order chi connectivity index (χ1) is 8.44. The maximum Gasteiger partial charge on any atom is 0.185 e. The molecule has 18 heavy (non-hydrogen) atoms. The SMILES string of the molecule is CCn1ncc(Cl)c1C(=O)C1CCC(C)(C)CC1. The number of aromatic nitrogens is 2. The highest BCUT2D eigenvalue weighted by Crippen LogP contribution is 2.39. The average molecular weight is 269 g/mol. The third kappa shape index (κ3) is 2.61. The van der Waals surface area contributed by atoms with E-state index in [1.807, 2.05) is 6.92 Å². The van der Waals surface area contributed by atoms with E-state index in [-0.39, 0.29) is 11.7 Å². The second kappa shape index (κ2) is 5.04. The first-order valence-electron chi connectivity index (χ1n) is 6.70. The monoisotopic (exact) mass is 268 g/mol. The molecule has 2 rings (SSSR count). The zero-order chi connectivity index (χ0) is 13.3. The summed E-state index contributed by atoms with van der Waals surface area (Å²) in [6, 6.07) is 0. The Morgan fingerprint density at radius 2 is 2.11 bits per heavy atom. The Morgan fingerprint density at radius 1 is 1.50 bits per heavy atom. The van der Waals surface area contributed by atoms with Crippen molar-refractivity contribution >= 4 is 17.4 Å². The smallest absolute Gasteiger partial charge is 0.185 e. The zero-order valence-corrected chi connectivity index (χ0v) is 12.1. The highest BCUT2D eigenvalue weighted by Gasteiger charge is 2.33. The standard InChI is InChI=1S/C14H21ClN2O/c1-4-17-12(11(15)9-16-17)13(18)10-5-7-14(2,3)8-6-10/h9-10H,4-8H2,1-3H3. The van der Waals surface area contributed by atoms with E-state index in [1.54, 1.807) is 10.9 Å². The molecule has 0 amide bonds. The van der Waals surface area contributed by atoms with Gasteiger partial charge in [0, 0.05) is 12.5 Å². The third-order valence-electron chi connectivity index (χ3n) is 4.04. The fraction of sp³-hybridized carbons (Fsp3) is 0.714. The zero-order valence-electron chi connectivity index (χ0n) is 11.4. The Kier molecular flexibility index (Phi) is 3.81. The molecule has 1 fully saturated rings. The number of nitrogens with zero attached hydrogens (tertiary/aromatic N) is 2. The molecule has 0 spiro atoms. The van der Waals surface area contributed by atoms with E-state index < -0.39 is 0 Å². The van der Waals surface area contributed by atoms with Crippen molar-refractivity contribution in [2.75, 3.05) is 0 Å². The molecule has 0 aliphatic heterocycles. The van der Waals surface area contributed by atoms with Gasteiger partial charge in [0.2, 0.25) is 0 Å². The second-order valence-corrected chi connectivity index (χ2v) is 6.37. The van der Waals surface area contributed by atoms with Crippen LogP contribution in [0.5, 0.6) is 0 Å². The highest BCUT2D eigenvalue weighted by molar-refractivity contribution is 6.33. The van der Waals surface area contributed by atoms with Crippen molar-refractivity contribution < 1.29 is 4.79 Å². The van der Waals surface area contributed by atoms with Crippen LogP contribution in [0.4, 0.5) is 0 Å². The van der Waals surface area contributed by atoms with Gasteiger partial charge < -0.3 is 0 Å². The first-order valence-corrected chi connectivity index (χ1v) is 7.08. The van der Waals surface area contributed by atoms with Gasteiger partial charge in [0.25, 0.3) is 0 Å². The number of aryl methyl sites for hydroxylation is 1. The van der Waals surface area contributed by atoms with Crippen LogP contribution in [0, 0.1) is 11.3 Å². The molecule has 0 atom stereocenters. The van der Waals surface area contributed by atoms with Crippen LogP contribution in [0.25, 0.3) is 0 Å². The lowest BCUT2D eigenvalue weighted by molar-refractivity contribution is 0.0827. The molecule has 1 aliphatic rings. The molecule has 0 radical (unpaired) electrons. The number of carbonyl (C=O) groups is 1. The predicted molar refractivity (Wildman–Crippen MR) is 73.0 cm³/mol. The average Bonchev–Trinajstić information content (AvgIpc) is 2.69. The lowest BCUT2D eigenvalue weighted by Crippen LogP contribution is -2.27. The largest absolute Gasteiger partial charge is 0.292 e. The van der Waals surface area contributed by atoms with Crippen molar-refractivity contribution in [2.24, 2.45) is 11.3 Å². The lowest BCUT2D eigenvalue weighted by Gasteiger charge is -2.33. The number of Topliss-reactive ketones (excluding diaryl/α,β-unsaturated/α-hetero) is 1. The summed E-state index contributed by atoms with van der Waals surface area (Å²) in [4.78, 5) is 12.5. The molecule has 1 heterocycles. The Balaban J connectivity index is 2.15. The predicted octanol–water partition coefficient (Wildman–Crippen LogP) is 3.96. The molecule has 0 bridgehead atoms. The number of carbonyl (C=O) groups excluding carboxylic acids is 1. The van der Waals surface area contributed by atoms with Crippen LogP contribution in [0.3, 0.4) is 0 Å². The van der Waals surface area contributed by atoms with E-state index in [4.69, 9.17) is 11.6 Å². The molecule has 4 heteroatoms. The third-order valence-corrected chi connectivity index (χ3v) is 4.31. The van der Waals surface area contributed by atoms with Gasteiger partial charge in [-0.05, 0) is 38.0 Å². The van der Waals surface area contributed by atoms with Crippen LogP contribution < -0.4 is 0 Å². The summed E-state index contributed by atoms with van der Waals surface area (Å²) in [6.07, 6.45) is 5.74. The van der Waals surface area contributed by atoms with Crippen molar-refractivity contribution in [3.8, 4) is 0 Å². The van der Waals surface area contributed by atoms with Crippen molar-refractivity contribution in [1.29, 1.82) is 0 Å². The number of halogens is 1. The molecule has 0 aromatic carbocycles. The summed E-state index contributed by atoms with van der Waals surface area (Å²) in [7, 11) is 0. The van der Waals surface area contributed by atoms with Crippen LogP contribution in [-0.4, -0.2) is 15.6 Å². The minimum Gasteiger partial charge on any atom is -0.292 e. The number of rotatable bonds is 3. The Morgan fingerprint density at radius 3 is 2.67 bits per heavy atom. The summed E-state index contributed by atoms with van der Waals surface area (Å²) in [5.41, 5.74) is 0.981. The van der Waals surface area contributed by atoms with Crippen molar-refractivity contribution in [3.05, 3.63) is 16.9 Å². The molecule has 1 saturated carbocycles. The fourth-order valence-corrected chi connectivity index (χ4v) is 2.94. The van der Waals surface area contributed by atoms with Gasteiger partial charge in [-0.1, -0.05) is 25.4 Å². The molecule has 100 valence electrons. The first kappa shape index (κ1) is 13.6. The highest BCUT2D eigenvalue weighted by atomic mass is 35.5. The number of ketones is 1. The van der Waals surface area contributed by atoms with E-state index in [2.05, 4.69) is 18.9 Å². The normalized spacial score (nSPS) is 20.0. The van der Waals surface area contributed by atoms with E-state index >= 15 is 0 Å². The van der Waals surface area contributed by atoms with Gasteiger partial charge >= 0.3 is 0 Å². The Labute approximate surface area is 114 Å². The summed E-state index contributed by atoms with van der Waals surface area (Å²) in [6.45, 7) is 7.21. The summed E-state index contributed by atoms with van der Waals surface area (Å²) in [5.74, 6) is 0.298. The maximum atomic E-state index is 12.5. The van der Waals surface area contributed by atoms with Gasteiger partial charge in [-0.15, -0.1) is 0 Å².